The van der Waals surface area contributed by atoms with Crippen molar-refractivity contribution in [3.63, 3.8) is 0 Å². The molecular formula is C20H44Cl2NO3PS. The minimum atomic E-state index is -3.77. The fourth-order valence-electron chi connectivity index (χ4n) is 3.88. The second-order valence-corrected chi connectivity index (χ2v) is 17.3. The third kappa shape index (κ3) is 9.35. The summed E-state index contributed by atoms with van der Waals surface area (Å²) in [6.07, 6.45) is 11.9. The molecule has 0 aromatic carbocycles. The van der Waals surface area contributed by atoms with Gasteiger partial charge >= 0.3 is 186 Å². The van der Waals surface area contributed by atoms with Crippen molar-refractivity contribution >= 4 is 40.5 Å². The monoisotopic (exact) mass is 479 g/mol. The van der Waals surface area contributed by atoms with E-state index < -0.39 is 22.5 Å². The first-order valence-electron chi connectivity index (χ1n) is 11.0. The Morgan fingerprint density at radius 2 is 1.11 bits per heavy atom. The summed E-state index contributed by atoms with van der Waals surface area (Å²) in [5.41, 5.74) is -0.910. The molecule has 0 amide bonds. The summed E-state index contributed by atoms with van der Waals surface area (Å²) in [7, 11) is -3.77. The topological polar surface area (TPSA) is 46.6 Å². The van der Waals surface area contributed by atoms with E-state index in [2.05, 4.69) is 27.7 Å². The van der Waals surface area contributed by atoms with Gasteiger partial charge in [-0.1, -0.05) is 0 Å². The van der Waals surface area contributed by atoms with E-state index in [9.17, 15) is 8.42 Å². The van der Waals surface area contributed by atoms with Gasteiger partial charge in [0.2, 0.25) is 0 Å². The van der Waals surface area contributed by atoms with Crippen molar-refractivity contribution < 1.29 is 12.4 Å². The number of halogens is 2. The molecule has 0 fully saturated rings. The van der Waals surface area contributed by atoms with Crippen molar-refractivity contribution in [2.45, 2.75) is 98.4 Å². The van der Waals surface area contributed by atoms with Crippen LogP contribution >= 0.6 is 30.4 Å². The average molecular weight is 481 g/mol. The second kappa shape index (κ2) is 12.7. The zero-order chi connectivity index (χ0) is 21.9. The van der Waals surface area contributed by atoms with Gasteiger partial charge in [0.25, 0.3) is 0 Å². The molecule has 0 atom stereocenters. The van der Waals surface area contributed by atoms with E-state index in [1.807, 2.05) is 0 Å². The van der Waals surface area contributed by atoms with Gasteiger partial charge in [0.1, 0.15) is 0 Å². The molecule has 0 aliphatic heterocycles. The van der Waals surface area contributed by atoms with Crippen LogP contribution in [0.15, 0.2) is 0 Å². The van der Waals surface area contributed by atoms with Crippen molar-refractivity contribution in [1.82, 2.24) is 3.94 Å². The molecule has 0 aromatic rings. The normalized spacial score (nSPS) is 15.0. The summed E-state index contributed by atoms with van der Waals surface area (Å²) in [5.74, 6) is -0.207. The van der Waals surface area contributed by atoms with Crippen LogP contribution in [0.3, 0.4) is 0 Å². The first-order valence-corrected chi connectivity index (χ1v) is 16.1. The van der Waals surface area contributed by atoms with E-state index in [4.69, 9.17) is 27.5 Å². The van der Waals surface area contributed by atoms with E-state index in [0.29, 0.717) is 0 Å². The molecule has 0 radical (unpaired) electrons. The number of nitrogens with zero attached hydrogens (tertiary/aromatic N) is 1. The number of hydrogen-bond acceptors (Lipinski definition) is 4. The summed E-state index contributed by atoms with van der Waals surface area (Å²) < 4.78 is 34.0. The summed E-state index contributed by atoms with van der Waals surface area (Å²) in [5, 5.41) is 0. The molecule has 0 aliphatic rings. The third-order valence-electron chi connectivity index (χ3n) is 5.62. The van der Waals surface area contributed by atoms with E-state index >= 15 is 0 Å². The van der Waals surface area contributed by atoms with E-state index in [1.165, 1.54) is 0 Å². The predicted molar refractivity (Wildman–Crippen MR) is 129 cm³/mol. The standard InChI is InChI=1S/C20H44Cl2NO3PS/c1-7-11-15-27(16-12-8-2,17-13-9-3,18-14-10-4)26-28(24,25)19-20(5,6)23(21)22/h7-19H2,1-6H3. The zero-order valence-electron chi connectivity index (χ0n) is 19.0. The van der Waals surface area contributed by atoms with Gasteiger partial charge in [0.15, 0.2) is 0 Å². The van der Waals surface area contributed by atoms with Crippen molar-refractivity contribution in [3.05, 3.63) is 0 Å². The maximum absolute atomic E-state index is 13.3. The molecule has 0 rings (SSSR count). The molecular weight excluding hydrogens is 436 g/mol. The minimum absolute atomic E-state index is 0.207. The molecule has 172 valence electrons. The van der Waals surface area contributed by atoms with Crippen LogP contribution < -0.4 is 0 Å². The van der Waals surface area contributed by atoms with Crippen molar-refractivity contribution in [2.24, 2.45) is 0 Å². The fourth-order valence-corrected chi connectivity index (χ4v) is 14.9. The van der Waals surface area contributed by atoms with E-state index in [-0.39, 0.29) is 5.75 Å². The summed E-state index contributed by atoms with van der Waals surface area (Å²) >= 11 is 11.8. The van der Waals surface area contributed by atoms with E-state index in [1.54, 1.807) is 13.8 Å². The number of rotatable bonds is 17. The first-order chi connectivity index (χ1) is 12.9. The Labute approximate surface area is 185 Å². The van der Waals surface area contributed by atoms with Crippen LogP contribution in [0.5, 0.6) is 0 Å². The van der Waals surface area contributed by atoms with Gasteiger partial charge in [0.05, 0.1) is 0 Å². The van der Waals surface area contributed by atoms with Crippen molar-refractivity contribution in [3.8, 4) is 0 Å². The zero-order valence-corrected chi connectivity index (χ0v) is 22.2. The SMILES string of the molecule is CCCCP(CCCC)(CCCC)(CCCC)OS(=O)(=O)CC(C)(C)N(Cl)Cl. The van der Waals surface area contributed by atoms with Crippen LogP contribution in [0.2, 0.25) is 0 Å². The third-order valence-corrected chi connectivity index (χ3v) is 16.0. The molecule has 0 saturated heterocycles. The number of unbranched alkanes of at least 4 members (excludes halogenated alkanes) is 4. The average Bonchev–Trinajstić information content (AvgIpc) is 2.60. The number of hydrogen-bond donors (Lipinski definition) is 0. The molecule has 8 heteroatoms. The fraction of sp³-hybridized carbons (Fsp3) is 1.00. The molecule has 0 aromatic heterocycles. The van der Waals surface area contributed by atoms with Gasteiger partial charge in [-0.3, -0.25) is 0 Å². The molecule has 0 unspecified atom stereocenters. The van der Waals surface area contributed by atoms with Crippen LogP contribution in [-0.4, -0.2) is 48.3 Å². The molecule has 0 spiro atoms. The van der Waals surface area contributed by atoms with Crippen LogP contribution in [-0.2, 0) is 14.1 Å². The molecule has 0 saturated carbocycles. The Kier molecular flexibility index (Phi) is 13.1. The molecule has 0 heterocycles. The van der Waals surface area contributed by atoms with Gasteiger partial charge in [-0.15, -0.1) is 0 Å². The Balaban J connectivity index is 6.17. The van der Waals surface area contributed by atoms with Gasteiger partial charge in [-0.2, -0.15) is 0 Å². The van der Waals surface area contributed by atoms with Gasteiger partial charge in [-0.25, -0.2) is 0 Å². The van der Waals surface area contributed by atoms with Crippen LogP contribution in [0.25, 0.3) is 0 Å². The Morgan fingerprint density at radius 3 is 1.36 bits per heavy atom. The Bertz CT molecular complexity index is 498. The summed E-state index contributed by atoms with van der Waals surface area (Å²) in [4.78, 5) is 0. The van der Waals surface area contributed by atoms with Crippen LogP contribution in [0.1, 0.15) is 92.9 Å². The summed E-state index contributed by atoms with van der Waals surface area (Å²) in [6, 6.07) is 0. The van der Waals surface area contributed by atoms with E-state index in [0.717, 1.165) is 80.0 Å². The van der Waals surface area contributed by atoms with Gasteiger partial charge < -0.3 is 0 Å². The van der Waals surface area contributed by atoms with Crippen molar-refractivity contribution in [2.75, 3.05) is 30.4 Å². The molecule has 0 bridgehead atoms. The molecule has 0 aliphatic carbocycles. The van der Waals surface area contributed by atoms with Gasteiger partial charge in [0, 0.05) is 0 Å². The maximum atomic E-state index is 13.3. The van der Waals surface area contributed by atoms with Crippen molar-refractivity contribution in [1.29, 1.82) is 0 Å². The second-order valence-electron chi connectivity index (χ2n) is 8.99. The summed E-state index contributed by atoms with van der Waals surface area (Å²) in [6.45, 7) is 9.22. The molecule has 0 N–H and O–H groups in total. The molecule has 4 nitrogen and oxygen atoms in total. The Hall–Kier alpha value is 0.880. The van der Waals surface area contributed by atoms with Crippen LogP contribution in [0.4, 0.5) is 0 Å². The van der Waals surface area contributed by atoms with Gasteiger partial charge in [-0.05, 0) is 0 Å². The molecule has 28 heavy (non-hydrogen) atoms. The Morgan fingerprint density at radius 1 is 0.786 bits per heavy atom. The first kappa shape index (κ1) is 28.9. The van der Waals surface area contributed by atoms with Crippen LogP contribution in [0, 0.1) is 0 Å². The predicted octanol–water partition coefficient (Wildman–Crippen LogP) is 7.39. The quantitative estimate of drug-likeness (QED) is 0.161.